The standard InChI is InChI=1S/C15H20O4/c1-5-6-12-8-7-11(2)13(9-12)19-14(10-17-3)15(16)18-4/h7-10H,5-6H2,1-4H3/b14-10-. The maximum Gasteiger partial charge on any atom is 0.377 e. The molecule has 0 heterocycles. The summed E-state index contributed by atoms with van der Waals surface area (Å²) in [6.45, 7) is 4.04. The molecule has 0 aliphatic carbocycles. The summed E-state index contributed by atoms with van der Waals surface area (Å²) in [7, 11) is 2.75. The summed E-state index contributed by atoms with van der Waals surface area (Å²) in [5.41, 5.74) is 2.12. The van der Waals surface area contributed by atoms with Gasteiger partial charge in [-0.05, 0) is 30.5 Å². The van der Waals surface area contributed by atoms with Gasteiger partial charge in [0.1, 0.15) is 12.0 Å². The molecule has 0 aliphatic rings. The molecule has 0 saturated heterocycles. The molecule has 0 aromatic heterocycles. The third-order valence-corrected chi connectivity index (χ3v) is 2.62. The SMILES string of the molecule is CCCc1ccc(C)c(O/C(=C\OC)C(=O)OC)c1. The van der Waals surface area contributed by atoms with Crippen LogP contribution in [0.2, 0.25) is 0 Å². The minimum Gasteiger partial charge on any atom is -0.500 e. The molecule has 0 fully saturated rings. The summed E-state index contributed by atoms with van der Waals surface area (Å²) in [4.78, 5) is 11.5. The molecule has 0 spiro atoms. The van der Waals surface area contributed by atoms with Gasteiger partial charge in [-0.2, -0.15) is 0 Å². The third-order valence-electron chi connectivity index (χ3n) is 2.62. The average Bonchev–Trinajstić information content (AvgIpc) is 2.41. The van der Waals surface area contributed by atoms with Crippen LogP contribution in [0.3, 0.4) is 0 Å². The molecule has 1 rings (SSSR count). The summed E-state index contributed by atoms with van der Waals surface area (Å²) in [6, 6.07) is 5.97. The zero-order valence-electron chi connectivity index (χ0n) is 11.9. The number of esters is 1. The summed E-state index contributed by atoms with van der Waals surface area (Å²) < 4.78 is 15.1. The lowest BCUT2D eigenvalue weighted by Gasteiger charge is -2.11. The van der Waals surface area contributed by atoms with E-state index in [4.69, 9.17) is 9.47 Å². The van der Waals surface area contributed by atoms with E-state index in [0.717, 1.165) is 18.4 Å². The second-order valence-corrected chi connectivity index (χ2v) is 4.16. The Morgan fingerprint density at radius 2 is 2.05 bits per heavy atom. The smallest absolute Gasteiger partial charge is 0.377 e. The number of ether oxygens (including phenoxy) is 3. The predicted octanol–water partition coefficient (Wildman–Crippen LogP) is 2.99. The molecule has 4 heteroatoms. The fourth-order valence-electron chi connectivity index (χ4n) is 1.64. The molecule has 4 nitrogen and oxygen atoms in total. The summed E-state index contributed by atoms with van der Waals surface area (Å²) in [6.07, 6.45) is 3.26. The normalized spacial score (nSPS) is 11.1. The van der Waals surface area contributed by atoms with E-state index in [-0.39, 0.29) is 5.76 Å². The Balaban J connectivity index is 2.98. The Labute approximate surface area is 114 Å². The van der Waals surface area contributed by atoms with Crippen molar-refractivity contribution < 1.29 is 19.0 Å². The molecular formula is C15H20O4. The summed E-state index contributed by atoms with van der Waals surface area (Å²) in [5, 5.41) is 0. The number of hydrogen-bond donors (Lipinski definition) is 0. The van der Waals surface area contributed by atoms with Crippen LogP contribution >= 0.6 is 0 Å². The van der Waals surface area contributed by atoms with Crippen LogP contribution in [0.4, 0.5) is 0 Å². The van der Waals surface area contributed by atoms with E-state index < -0.39 is 5.97 Å². The fourth-order valence-corrected chi connectivity index (χ4v) is 1.64. The highest BCUT2D eigenvalue weighted by atomic mass is 16.6. The van der Waals surface area contributed by atoms with Gasteiger partial charge in [-0.3, -0.25) is 0 Å². The van der Waals surface area contributed by atoms with Gasteiger partial charge in [-0.15, -0.1) is 0 Å². The molecule has 104 valence electrons. The van der Waals surface area contributed by atoms with Gasteiger partial charge >= 0.3 is 5.97 Å². The number of carbonyl (C=O) groups excluding carboxylic acids is 1. The van der Waals surface area contributed by atoms with E-state index in [2.05, 4.69) is 17.7 Å². The molecular weight excluding hydrogens is 244 g/mol. The molecule has 0 radical (unpaired) electrons. The molecule has 0 bridgehead atoms. The fraction of sp³-hybridized carbons (Fsp3) is 0.400. The van der Waals surface area contributed by atoms with Crippen LogP contribution < -0.4 is 4.74 Å². The van der Waals surface area contributed by atoms with Crippen LogP contribution in [0, 0.1) is 6.92 Å². The summed E-state index contributed by atoms with van der Waals surface area (Å²) in [5.74, 6) is 0.101. The minimum atomic E-state index is -0.567. The Morgan fingerprint density at radius 3 is 2.63 bits per heavy atom. The Hall–Kier alpha value is -1.97. The minimum absolute atomic E-state index is 0.0294. The van der Waals surface area contributed by atoms with Gasteiger partial charge in [-0.25, -0.2) is 4.79 Å². The van der Waals surface area contributed by atoms with Crippen LogP contribution in [-0.4, -0.2) is 20.2 Å². The molecule has 1 aromatic rings. The molecule has 0 N–H and O–H groups in total. The second-order valence-electron chi connectivity index (χ2n) is 4.16. The lowest BCUT2D eigenvalue weighted by molar-refractivity contribution is -0.138. The summed E-state index contributed by atoms with van der Waals surface area (Å²) >= 11 is 0. The van der Waals surface area contributed by atoms with Gasteiger partial charge in [0, 0.05) is 0 Å². The average molecular weight is 264 g/mol. The van der Waals surface area contributed by atoms with E-state index >= 15 is 0 Å². The highest BCUT2D eigenvalue weighted by Gasteiger charge is 2.14. The van der Waals surface area contributed by atoms with Gasteiger partial charge in [0.15, 0.2) is 0 Å². The van der Waals surface area contributed by atoms with Crippen molar-refractivity contribution in [2.75, 3.05) is 14.2 Å². The van der Waals surface area contributed by atoms with Gasteiger partial charge in [0.2, 0.25) is 5.76 Å². The number of hydrogen-bond acceptors (Lipinski definition) is 4. The van der Waals surface area contributed by atoms with Crippen LogP contribution in [-0.2, 0) is 20.7 Å². The van der Waals surface area contributed by atoms with Crippen molar-refractivity contribution in [3.05, 3.63) is 41.3 Å². The number of rotatable bonds is 6. The monoisotopic (exact) mass is 264 g/mol. The first-order valence-corrected chi connectivity index (χ1v) is 6.21. The number of benzene rings is 1. The number of carbonyl (C=O) groups is 1. The molecule has 0 saturated carbocycles. The van der Waals surface area contributed by atoms with Crippen molar-refractivity contribution in [2.45, 2.75) is 26.7 Å². The lowest BCUT2D eigenvalue weighted by atomic mass is 10.1. The van der Waals surface area contributed by atoms with E-state index in [9.17, 15) is 4.79 Å². The molecule has 1 aromatic carbocycles. The second kappa shape index (κ2) is 7.46. The zero-order valence-corrected chi connectivity index (χ0v) is 11.9. The first-order chi connectivity index (χ1) is 9.12. The van der Waals surface area contributed by atoms with E-state index in [1.165, 1.54) is 26.0 Å². The van der Waals surface area contributed by atoms with Crippen LogP contribution in [0.25, 0.3) is 0 Å². The molecule has 0 atom stereocenters. The first kappa shape index (κ1) is 15.1. The molecule has 0 unspecified atom stereocenters. The molecule has 0 aliphatic heterocycles. The van der Waals surface area contributed by atoms with Gasteiger partial charge in [-0.1, -0.05) is 25.5 Å². The Morgan fingerprint density at radius 1 is 1.32 bits per heavy atom. The Bertz CT molecular complexity index is 463. The molecule has 0 amide bonds. The van der Waals surface area contributed by atoms with E-state index in [0.29, 0.717) is 5.75 Å². The van der Waals surface area contributed by atoms with Crippen molar-refractivity contribution >= 4 is 5.97 Å². The van der Waals surface area contributed by atoms with Crippen molar-refractivity contribution in [1.82, 2.24) is 0 Å². The van der Waals surface area contributed by atoms with E-state index in [1.807, 2.05) is 19.1 Å². The highest BCUT2D eigenvalue weighted by Crippen LogP contribution is 2.23. The lowest BCUT2D eigenvalue weighted by Crippen LogP contribution is -2.11. The van der Waals surface area contributed by atoms with Gasteiger partial charge in [0.25, 0.3) is 0 Å². The van der Waals surface area contributed by atoms with Crippen molar-refractivity contribution in [2.24, 2.45) is 0 Å². The van der Waals surface area contributed by atoms with Crippen LogP contribution in [0.15, 0.2) is 30.2 Å². The number of methoxy groups -OCH3 is 2. The third kappa shape index (κ3) is 4.32. The van der Waals surface area contributed by atoms with Gasteiger partial charge in [0.05, 0.1) is 14.2 Å². The zero-order chi connectivity index (χ0) is 14.3. The highest BCUT2D eigenvalue weighted by molar-refractivity contribution is 5.86. The quantitative estimate of drug-likeness (QED) is 0.450. The largest absolute Gasteiger partial charge is 0.500 e. The van der Waals surface area contributed by atoms with Crippen LogP contribution in [0.1, 0.15) is 24.5 Å². The first-order valence-electron chi connectivity index (χ1n) is 6.21. The molecule has 19 heavy (non-hydrogen) atoms. The van der Waals surface area contributed by atoms with Gasteiger partial charge < -0.3 is 14.2 Å². The van der Waals surface area contributed by atoms with Crippen molar-refractivity contribution in [1.29, 1.82) is 0 Å². The van der Waals surface area contributed by atoms with Crippen LogP contribution in [0.5, 0.6) is 5.75 Å². The van der Waals surface area contributed by atoms with E-state index in [1.54, 1.807) is 0 Å². The predicted molar refractivity (Wildman–Crippen MR) is 72.9 cm³/mol. The van der Waals surface area contributed by atoms with Crippen molar-refractivity contribution in [3.63, 3.8) is 0 Å². The maximum absolute atomic E-state index is 11.5. The van der Waals surface area contributed by atoms with Crippen molar-refractivity contribution in [3.8, 4) is 5.75 Å². The topological polar surface area (TPSA) is 44.8 Å². The Kier molecular flexibility index (Phi) is 5.93. The number of aryl methyl sites for hydroxylation is 2. The maximum atomic E-state index is 11.5.